The highest BCUT2D eigenvalue weighted by atomic mass is 16.3. The minimum atomic E-state index is 0.891. The Balaban J connectivity index is 1.26. The maximum atomic E-state index is 6.53. The van der Waals surface area contributed by atoms with Crippen LogP contribution >= 0.6 is 0 Å². The molecule has 0 saturated heterocycles. The molecule has 2 heterocycles. The highest BCUT2D eigenvalue weighted by Gasteiger charge is 2.17. The van der Waals surface area contributed by atoms with Gasteiger partial charge in [-0.15, -0.1) is 0 Å². The molecule has 0 atom stereocenters. The lowest BCUT2D eigenvalue weighted by molar-refractivity contribution is 0.669. The molecule has 0 N–H and O–H groups in total. The molecule has 2 heteroatoms. The predicted octanol–water partition coefficient (Wildman–Crippen LogP) is 12.8. The van der Waals surface area contributed by atoms with Crippen LogP contribution in [0.5, 0.6) is 0 Å². The van der Waals surface area contributed by atoms with Gasteiger partial charge in [0.15, 0.2) is 0 Å². The molecule has 0 spiro atoms. The fraction of sp³-hybridized carbons (Fsp3) is 0. The van der Waals surface area contributed by atoms with Crippen molar-refractivity contribution in [3.8, 4) is 33.4 Å². The zero-order chi connectivity index (χ0) is 30.2. The van der Waals surface area contributed by atoms with E-state index in [9.17, 15) is 0 Å². The smallest absolute Gasteiger partial charge is 0.143 e. The average Bonchev–Trinajstić information content (AvgIpc) is 3.70. The van der Waals surface area contributed by atoms with Gasteiger partial charge in [0, 0.05) is 27.1 Å². The number of furan rings is 2. The summed E-state index contributed by atoms with van der Waals surface area (Å²) < 4.78 is 12.8. The predicted molar refractivity (Wildman–Crippen MR) is 192 cm³/mol. The van der Waals surface area contributed by atoms with Crippen molar-refractivity contribution in [2.24, 2.45) is 0 Å². The van der Waals surface area contributed by atoms with Crippen LogP contribution in [0.4, 0.5) is 0 Å². The molecule has 10 rings (SSSR count). The second kappa shape index (κ2) is 9.69. The molecular weight excluding hydrogens is 560 g/mol. The molecule has 0 bridgehead atoms. The SMILES string of the molecule is c1ccc2c(c1)ccc1cc(-c3cc(-c4cccc5c4oc4ccccc45)cc(-c4cccc5oc6ccccc6c45)c3)ccc12. The minimum absolute atomic E-state index is 0.891. The summed E-state index contributed by atoms with van der Waals surface area (Å²) in [5, 5.41) is 9.53. The maximum absolute atomic E-state index is 6.53. The molecule has 2 aromatic heterocycles. The van der Waals surface area contributed by atoms with Crippen molar-refractivity contribution in [2.45, 2.75) is 0 Å². The molecule has 0 aliphatic carbocycles. The van der Waals surface area contributed by atoms with Crippen molar-refractivity contribution in [1.29, 1.82) is 0 Å². The van der Waals surface area contributed by atoms with E-state index in [0.29, 0.717) is 0 Å². The van der Waals surface area contributed by atoms with Crippen LogP contribution in [-0.4, -0.2) is 0 Å². The van der Waals surface area contributed by atoms with Crippen LogP contribution in [0.3, 0.4) is 0 Å². The van der Waals surface area contributed by atoms with E-state index in [1.807, 2.05) is 24.3 Å². The fourth-order valence-corrected chi connectivity index (χ4v) is 7.29. The Hall–Kier alpha value is -6.12. The monoisotopic (exact) mass is 586 g/mol. The third-order valence-corrected chi connectivity index (χ3v) is 9.44. The molecule has 46 heavy (non-hydrogen) atoms. The molecule has 0 radical (unpaired) electrons. The lowest BCUT2D eigenvalue weighted by Gasteiger charge is -2.13. The summed E-state index contributed by atoms with van der Waals surface area (Å²) >= 11 is 0. The van der Waals surface area contributed by atoms with Crippen molar-refractivity contribution in [2.75, 3.05) is 0 Å². The number of fused-ring (bicyclic) bond motifs is 9. The third-order valence-electron chi connectivity index (χ3n) is 9.44. The van der Waals surface area contributed by atoms with Crippen LogP contribution in [0.2, 0.25) is 0 Å². The summed E-state index contributed by atoms with van der Waals surface area (Å²) in [6, 6.07) is 56.2. The Kier molecular flexibility index (Phi) is 5.31. The van der Waals surface area contributed by atoms with Gasteiger partial charge in [0.1, 0.15) is 22.3 Å². The normalized spacial score (nSPS) is 11.9. The van der Waals surface area contributed by atoms with Crippen molar-refractivity contribution >= 4 is 65.4 Å². The zero-order valence-corrected chi connectivity index (χ0v) is 24.8. The van der Waals surface area contributed by atoms with Crippen LogP contribution in [0.1, 0.15) is 0 Å². The summed E-state index contributed by atoms with van der Waals surface area (Å²) in [6.07, 6.45) is 0. The van der Waals surface area contributed by atoms with Gasteiger partial charge in [-0.2, -0.15) is 0 Å². The van der Waals surface area contributed by atoms with Crippen LogP contribution < -0.4 is 0 Å². The molecule has 10 aromatic rings. The van der Waals surface area contributed by atoms with E-state index in [-0.39, 0.29) is 0 Å². The van der Waals surface area contributed by atoms with Crippen molar-refractivity contribution < 1.29 is 8.83 Å². The van der Waals surface area contributed by atoms with Crippen molar-refractivity contribution in [3.05, 3.63) is 158 Å². The van der Waals surface area contributed by atoms with E-state index in [1.165, 1.54) is 27.1 Å². The van der Waals surface area contributed by atoms with Gasteiger partial charge in [0.25, 0.3) is 0 Å². The molecule has 2 nitrogen and oxygen atoms in total. The van der Waals surface area contributed by atoms with Gasteiger partial charge in [0.05, 0.1) is 0 Å². The summed E-state index contributed by atoms with van der Waals surface area (Å²) in [6.45, 7) is 0. The molecule has 0 aliphatic rings. The summed E-state index contributed by atoms with van der Waals surface area (Å²) in [4.78, 5) is 0. The standard InChI is InChI=1S/C44H26O2/c1-2-10-33-27(9-1)19-20-29-23-28(21-22-34(29)33)30-24-31(35-13-8-18-42-43(35)39-12-4-6-17-41(39)45-42)26-32(25-30)36-14-7-15-38-37-11-3-5-16-40(37)46-44(36)38/h1-26H. The van der Waals surface area contributed by atoms with E-state index in [0.717, 1.165) is 71.7 Å². The lowest BCUT2D eigenvalue weighted by atomic mass is 9.90. The van der Waals surface area contributed by atoms with Crippen LogP contribution in [0.15, 0.2) is 167 Å². The Morgan fingerprint density at radius 3 is 1.80 bits per heavy atom. The number of benzene rings is 8. The van der Waals surface area contributed by atoms with E-state index in [1.54, 1.807) is 0 Å². The Labute approximate surface area is 264 Å². The van der Waals surface area contributed by atoms with Gasteiger partial charge in [-0.05, 0) is 91.8 Å². The Bertz CT molecular complexity index is 2810. The Morgan fingerprint density at radius 1 is 0.304 bits per heavy atom. The van der Waals surface area contributed by atoms with E-state index in [4.69, 9.17) is 8.83 Å². The number of para-hydroxylation sites is 3. The number of hydrogen-bond acceptors (Lipinski definition) is 2. The molecule has 0 fully saturated rings. The van der Waals surface area contributed by atoms with Gasteiger partial charge in [-0.3, -0.25) is 0 Å². The van der Waals surface area contributed by atoms with Gasteiger partial charge in [-0.25, -0.2) is 0 Å². The second-order valence-electron chi connectivity index (χ2n) is 12.1. The first-order valence-electron chi connectivity index (χ1n) is 15.7. The first-order chi connectivity index (χ1) is 22.8. The topological polar surface area (TPSA) is 26.3 Å². The summed E-state index contributed by atoms with van der Waals surface area (Å²) in [7, 11) is 0. The largest absolute Gasteiger partial charge is 0.456 e. The van der Waals surface area contributed by atoms with Crippen LogP contribution in [-0.2, 0) is 0 Å². The van der Waals surface area contributed by atoms with Gasteiger partial charge in [0.2, 0.25) is 0 Å². The van der Waals surface area contributed by atoms with Gasteiger partial charge < -0.3 is 8.83 Å². The van der Waals surface area contributed by atoms with Gasteiger partial charge >= 0.3 is 0 Å². The lowest BCUT2D eigenvalue weighted by Crippen LogP contribution is -1.88. The Morgan fingerprint density at radius 2 is 0.913 bits per heavy atom. The van der Waals surface area contributed by atoms with Gasteiger partial charge in [-0.1, -0.05) is 115 Å². The van der Waals surface area contributed by atoms with Crippen LogP contribution in [0, 0.1) is 0 Å². The molecule has 0 saturated carbocycles. The van der Waals surface area contributed by atoms with E-state index < -0.39 is 0 Å². The van der Waals surface area contributed by atoms with Crippen molar-refractivity contribution in [3.63, 3.8) is 0 Å². The molecule has 0 unspecified atom stereocenters. The molecular formula is C44H26O2. The second-order valence-corrected chi connectivity index (χ2v) is 12.1. The zero-order valence-electron chi connectivity index (χ0n) is 24.8. The number of rotatable bonds is 3. The summed E-state index contributed by atoms with van der Waals surface area (Å²) in [5.41, 5.74) is 10.4. The minimum Gasteiger partial charge on any atom is -0.456 e. The highest BCUT2D eigenvalue weighted by molar-refractivity contribution is 6.14. The first-order valence-corrected chi connectivity index (χ1v) is 15.7. The quantitative estimate of drug-likeness (QED) is 0.193. The van der Waals surface area contributed by atoms with E-state index >= 15 is 0 Å². The fourth-order valence-electron chi connectivity index (χ4n) is 7.29. The molecule has 0 aliphatic heterocycles. The molecule has 8 aromatic carbocycles. The third kappa shape index (κ3) is 3.77. The average molecular weight is 587 g/mol. The first kappa shape index (κ1) is 25.2. The molecule has 214 valence electrons. The number of hydrogen-bond donors (Lipinski definition) is 0. The summed E-state index contributed by atoms with van der Waals surface area (Å²) in [5.74, 6) is 0. The molecule has 0 amide bonds. The van der Waals surface area contributed by atoms with Crippen molar-refractivity contribution in [1.82, 2.24) is 0 Å². The van der Waals surface area contributed by atoms with E-state index in [2.05, 4.69) is 133 Å². The van der Waals surface area contributed by atoms with Crippen LogP contribution in [0.25, 0.3) is 98.8 Å². The maximum Gasteiger partial charge on any atom is 0.143 e. The highest BCUT2D eigenvalue weighted by Crippen LogP contribution is 2.42.